The number of rotatable bonds is 5. The number of carbonyl (C=O) groups excluding carboxylic acids is 1. The van der Waals surface area contributed by atoms with Gasteiger partial charge in [0.25, 0.3) is 0 Å². The van der Waals surface area contributed by atoms with Gasteiger partial charge in [-0.2, -0.15) is 0 Å². The molecule has 0 spiro atoms. The van der Waals surface area contributed by atoms with E-state index in [9.17, 15) is 9.59 Å². The minimum atomic E-state index is -0.169. The van der Waals surface area contributed by atoms with Crippen LogP contribution in [0.1, 0.15) is 25.7 Å². The molecule has 1 amide bonds. The molecule has 1 aromatic carbocycles. The third-order valence-corrected chi connectivity index (χ3v) is 4.41. The van der Waals surface area contributed by atoms with Crippen molar-refractivity contribution < 1.29 is 9.53 Å². The molecule has 23 heavy (non-hydrogen) atoms. The van der Waals surface area contributed by atoms with E-state index in [0.29, 0.717) is 19.5 Å². The van der Waals surface area contributed by atoms with Crippen LogP contribution in [0.4, 0.5) is 0 Å². The lowest BCUT2D eigenvalue weighted by Crippen LogP contribution is -2.37. The van der Waals surface area contributed by atoms with Crippen LogP contribution in [0.3, 0.4) is 0 Å². The smallest absolute Gasteiger partial charge is 0.326 e. The number of likely N-dealkylation sites (N-methyl/N-ethyl adjacent to an activating group) is 1. The minimum absolute atomic E-state index is 0.0383. The molecule has 0 saturated carbocycles. The van der Waals surface area contributed by atoms with Crippen molar-refractivity contribution in [3.63, 3.8) is 0 Å². The van der Waals surface area contributed by atoms with Crippen molar-refractivity contribution in [2.45, 2.75) is 38.3 Å². The molecule has 0 radical (unpaired) electrons. The summed E-state index contributed by atoms with van der Waals surface area (Å²) in [6, 6.07) is 7.52. The number of imidazole rings is 1. The van der Waals surface area contributed by atoms with Crippen LogP contribution in [0.25, 0.3) is 11.0 Å². The molecule has 0 unspecified atom stereocenters. The number of H-pyrrole nitrogens is 1. The van der Waals surface area contributed by atoms with Crippen molar-refractivity contribution in [2.75, 3.05) is 20.2 Å². The lowest BCUT2D eigenvalue weighted by Gasteiger charge is -2.27. The van der Waals surface area contributed by atoms with Gasteiger partial charge in [-0.3, -0.25) is 9.36 Å². The highest BCUT2D eigenvalue weighted by molar-refractivity contribution is 5.77. The summed E-state index contributed by atoms with van der Waals surface area (Å²) in [5.74, 6) is 0.0383. The highest BCUT2D eigenvalue weighted by atomic mass is 16.5. The number of aromatic nitrogens is 2. The molecule has 0 bridgehead atoms. The van der Waals surface area contributed by atoms with Gasteiger partial charge in [0.05, 0.1) is 17.1 Å². The van der Waals surface area contributed by atoms with Crippen LogP contribution < -0.4 is 5.69 Å². The third-order valence-electron chi connectivity index (χ3n) is 4.41. The van der Waals surface area contributed by atoms with Crippen molar-refractivity contribution >= 4 is 16.9 Å². The fourth-order valence-corrected chi connectivity index (χ4v) is 3.09. The van der Waals surface area contributed by atoms with Crippen LogP contribution in [0.2, 0.25) is 0 Å². The Kier molecular flexibility index (Phi) is 4.81. The molecule has 1 N–H and O–H groups in total. The molecule has 3 rings (SSSR count). The van der Waals surface area contributed by atoms with Gasteiger partial charge in [0.15, 0.2) is 0 Å². The van der Waals surface area contributed by atoms with Gasteiger partial charge in [0.1, 0.15) is 0 Å². The number of hydrogen-bond donors (Lipinski definition) is 1. The quantitative estimate of drug-likeness (QED) is 0.913. The molecular formula is C17H23N3O3. The van der Waals surface area contributed by atoms with Crippen LogP contribution in [-0.4, -0.2) is 46.7 Å². The zero-order valence-electron chi connectivity index (χ0n) is 13.5. The monoisotopic (exact) mass is 317 g/mol. The van der Waals surface area contributed by atoms with Gasteiger partial charge < -0.3 is 14.6 Å². The summed E-state index contributed by atoms with van der Waals surface area (Å²) in [5.41, 5.74) is 1.47. The number of aromatic amines is 1. The molecule has 1 aliphatic heterocycles. The Balaban J connectivity index is 1.59. The summed E-state index contributed by atoms with van der Waals surface area (Å²) in [6.45, 7) is 1.80. The van der Waals surface area contributed by atoms with E-state index >= 15 is 0 Å². The van der Waals surface area contributed by atoms with Crippen LogP contribution >= 0.6 is 0 Å². The Labute approximate surface area is 135 Å². The molecule has 1 atom stereocenters. The molecule has 1 aliphatic rings. The molecule has 124 valence electrons. The number of hydrogen-bond acceptors (Lipinski definition) is 3. The van der Waals surface area contributed by atoms with Gasteiger partial charge in [-0.25, -0.2) is 4.79 Å². The molecule has 0 aliphatic carbocycles. The number of nitrogens with zero attached hydrogens (tertiary/aromatic N) is 2. The maximum atomic E-state index is 12.3. The van der Waals surface area contributed by atoms with Gasteiger partial charge in [-0.1, -0.05) is 12.1 Å². The van der Waals surface area contributed by atoms with Crippen LogP contribution in [0, 0.1) is 0 Å². The summed E-state index contributed by atoms with van der Waals surface area (Å²) >= 11 is 0. The zero-order chi connectivity index (χ0) is 16.2. The lowest BCUT2D eigenvalue weighted by atomic mass is 10.1. The topological polar surface area (TPSA) is 67.3 Å². The highest BCUT2D eigenvalue weighted by Crippen LogP contribution is 2.14. The Morgan fingerprint density at radius 1 is 1.39 bits per heavy atom. The number of amides is 1. The van der Waals surface area contributed by atoms with Crippen molar-refractivity contribution in [1.29, 1.82) is 0 Å². The van der Waals surface area contributed by atoms with E-state index in [1.807, 2.05) is 24.3 Å². The van der Waals surface area contributed by atoms with E-state index in [1.165, 1.54) is 0 Å². The maximum absolute atomic E-state index is 12.3. The van der Waals surface area contributed by atoms with Crippen LogP contribution in [-0.2, 0) is 16.1 Å². The molecule has 2 aromatic rings. The normalized spacial score (nSPS) is 18.2. The molecule has 1 saturated heterocycles. The average molecular weight is 317 g/mol. The second kappa shape index (κ2) is 7.00. The van der Waals surface area contributed by atoms with Crippen molar-refractivity contribution in [3.05, 3.63) is 34.7 Å². The summed E-state index contributed by atoms with van der Waals surface area (Å²) < 4.78 is 7.30. The van der Waals surface area contributed by atoms with Gasteiger partial charge in [0, 0.05) is 33.2 Å². The van der Waals surface area contributed by atoms with E-state index in [1.54, 1.807) is 16.5 Å². The molecule has 6 nitrogen and oxygen atoms in total. The van der Waals surface area contributed by atoms with E-state index < -0.39 is 0 Å². The van der Waals surface area contributed by atoms with E-state index in [4.69, 9.17) is 4.74 Å². The summed E-state index contributed by atoms with van der Waals surface area (Å²) in [4.78, 5) is 28.8. The summed E-state index contributed by atoms with van der Waals surface area (Å²) in [5, 5.41) is 0. The predicted octanol–water partition coefficient (Wildman–Crippen LogP) is 1.75. The predicted molar refractivity (Wildman–Crippen MR) is 88.4 cm³/mol. The van der Waals surface area contributed by atoms with Crippen LogP contribution in [0.15, 0.2) is 29.1 Å². The Bertz CT molecular complexity index is 728. The lowest BCUT2D eigenvalue weighted by molar-refractivity contribution is -0.132. The number of aryl methyl sites for hydroxylation is 1. The standard InChI is InChI=1S/C17H23N3O3/c1-19(12-13-6-4-5-11-23-13)16(21)9-10-20-15-8-3-2-7-14(15)18-17(20)22/h2-3,7-8,13H,4-6,9-12H2,1H3,(H,18,22)/t13-/m1/s1. The number of nitrogens with one attached hydrogen (secondary N) is 1. The molecule has 6 heteroatoms. The Hall–Kier alpha value is -2.08. The van der Waals surface area contributed by atoms with E-state index in [0.717, 1.165) is 36.9 Å². The summed E-state index contributed by atoms with van der Waals surface area (Å²) in [6.07, 6.45) is 3.74. The van der Waals surface area contributed by atoms with Crippen molar-refractivity contribution in [1.82, 2.24) is 14.5 Å². The first kappa shape index (κ1) is 15.8. The van der Waals surface area contributed by atoms with Crippen molar-refractivity contribution in [3.8, 4) is 0 Å². The third kappa shape index (κ3) is 3.64. The maximum Gasteiger partial charge on any atom is 0.326 e. The van der Waals surface area contributed by atoms with Crippen LogP contribution in [0.5, 0.6) is 0 Å². The molecule has 1 fully saturated rings. The number of para-hydroxylation sites is 2. The second-order valence-electron chi connectivity index (χ2n) is 6.11. The first-order valence-corrected chi connectivity index (χ1v) is 8.18. The minimum Gasteiger partial charge on any atom is -0.376 e. The molecule has 2 heterocycles. The van der Waals surface area contributed by atoms with Gasteiger partial charge in [0.2, 0.25) is 5.91 Å². The van der Waals surface area contributed by atoms with Crippen molar-refractivity contribution in [2.24, 2.45) is 0 Å². The number of ether oxygens (including phenoxy) is 1. The zero-order valence-corrected chi connectivity index (χ0v) is 13.5. The molecular weight excluding hydrogens is 294 g/mol. The first-order valence-electron chi connectivity index (χ1n) is 8.18. The first-order chi connectivity index (χ1) is 11.1. The molecule has 1 aromatic heterocycles. The van der Waals surface area contributed by atoms with E-state index in [-0.39, 0.29) is 17.7 Å². The number of fused-ring (bicyclic) bond motifs is 1. The largest absolute Gasteiger partial charge is 0.376 e. The Morgan fingerprint density at radius 2 is 2.22 bits per heavy atom. The number of carbonyl (C=O) groups is 1. The van der Waals surface area contributed by atoms with Gasteiger partial charge in [-0.05, 0) is 31.4 Å². The SMILES string of the molecule is CN(C[C@H]1CCCCO1)C(=O)CCn1c(=O)[nH]c2ccccc21. The fraction of sp³-hybridized carbons (Fsp3) is 0.529. The Morgan fingerprint density at radius 3 is 3.00 bits per heavy atom. The second-order valence-corrected chi connectivity index (χ2v) is 6.11. The highest BCUT2D eigenvalue weighted by Gasteiger charge is 2.19. The van der Waals surface area contributed by atoms with Gasteiger partial charge in [-0.15, -0.1) is 0 Å². The van der Waals surface area contributed by atoms with E-state index in [2.05, 4.69) is 4.98 Å². The summed E-state index contributed by atoms with van der Waals surface area (Å²) in [7, 11) is 1.80. The fourth-order valence-electron chi connectivity index (χ4n) is 3.09. The van der Waals surface area contributed by atoms with Gasteiger partial charge >= 0.3 is 5.69 Å². The number of benzene rings is 1. The average Bonchev–Trinajstić information content (AvgIpc) is 2.88.